The molecule has 3 rings (SSSR count). The van der Waals surface area contributed by atoms with E-state index in [1.807, 2.05) is 55.5 Å². The quantitative estimate of drug-likeness (QED) is 0.782. The van der Waals surface area contributed by atoms with E-state index in [2.05, 4.69) is 11.1 Å². The van der Waals surface area contributed by atoms with Gasteiger partial charge in [0.1, 0.15) is 5.75 Å². The normalized spacial score (nSPS) is 10.7. The summed E-state index contributed by atoms with van der Waals surface area (Å²) in [6.45, 7) is 2.02. The number of aliphatic hydroxyl groups is 1. The third-order valence-electron chi connectivity index (χ3n) is 3.19. The number of fused-ring (bicyclic) bond motifs is 1. The molecule has 0 aliphatic heterocycles. The highest BCUT2D eigenvalue weighted by molar-refractivity contribution is 5.79. The lowest BCUT2D eigenvalue weighted by molar-refractivity contribution is 0.281. The minimum Gasteiger partial charge on any atom is -0.439 e. The van der Waals surface area contributed by atoms with Crippen LogP contribution < -0.4 is 4.74 Å². The molecule has 0 fully saturated rings. The molecule has 0 amide bonds. The molecule has 3 nitrogen and oxygen atoms in total. The van der Waals surface area contributed by atoms with Crippen LogP contribution in [0.1, 0.15) is 11.1 Å². The van der Waals surface area contributed by atoms with E-state index >= 15 is 0 Å². The van der Waals surface area contributed by atoms with E-state index in [9.17, 15) is 0 Å². The van der Waals surface area contributed by atoms with Crippen molar-refractivity contribution in [2.24, 2.45) is 0 Å². The van der Waals surface area contributed by atoms with E-state index < -0.39 is 0 Å². The number of hydrogen-bond donors (Lipinski definition) is 1. The lowest BCUT2D eigenvalue weighted by Gasteiger charge is -2.09. The summed E-state index contributed by atoms with van der Waals surface area (Å²) in [4.78, 5) is 4.54. The van der Waals surface area contributed by atoms with Gasteiger partial charge in [0.2, 0.25) is 5.88 Å². The zero-order valence-electron chi connectivity index (χ0n) is 11.2. The summed E-state index contributed by atoms with van der Waals surface area (Å²) in [5, 5.41) is 10.1. The third kappa shape index (κ3) is 2.49. The molecule has 0 unspecified atom stereocenters. The second kappa shape index (κ2) is 5.31. The van der Waals surface area contributed by atoms with E-state index in [-0.39, 0.29) is 6.61 Å². The van der Waals surface area contributed by atoms with Crippen LogP contribution in [0.25, 0.3) is 10.9 Å². The Kier molecular flexibility index (Phi) is 3.35. The predicted molar refractivity (Wildman–Crippen MR) is 78.9 cm³/mol. The SMILES string of the molecule is Cc1cc2ccccc2nc1Oc1ccc(CO)cc1. The van der Waals surface area contributed by atoms with E-state index in [0.717, 1.165) is 22.0 Å². The Labute approximate surface area is 117 Å². The maximum atomic E-state index is 9.03. The minimum atomic E-state index is 0.0353. The van der Waals surface area contributed by atoms with Crippen LogP contribution in [0, 0.1) is 6.92 Å². The monoisotopic (exact) mass is 265 g/mol. The summed E-state index contributed by atoms with van der Waals surface area (Å²) >= 11 is 0. The van der Waals surface area contributed by atoms with E-state index in [4.69, 9.17) is 9.84 Å². The standard InChI is InChI=1S/C17H15NO2/c1-12-10-14-4-2-3-5-16(14)18-17(12)20-15-8-6-13(11-19)7-9-15/h2-10,19H,11H2,1H3. The molecule has 0 aliphatic rings. The summed E-state index contributed by atoms with van der Waals surface area (Å²) < 4.78 is 5.82. The smallest absolute Gasteiger partial charge is 0.222 e. The van der Waals surface area contributed by atoms with Gasteiger partial charge < -0.3 is 9.84 Å². The number of aliphatic hydroxyl groups excluding tert-OH is 1. The number of aromatic nitrogens is 1. The highest BCUT2D eigenvalue weighted by Crippen LogP contribution is 2.26. The van der Waals surface area contributed by atoms with Crippen LogP contribution in [0.15, 0.2) is 54.6 Å². The number of benzene rings is 2. The van der Waals surface area contributed by atoms with Crippen LogP contribution in [0.4, 0.5) is 0 Å². The number of para-hydroxylation sites is 1. The molecule has 1 aromatic heterocycles. The number of rotatable bonds is 3. The Morgan fingerprint density at radius 3 is 2.55 bits per heavy atom. The molecule has 0 spiro atoms. The van der Waals surface area contributed by atoms with Crippen molar-refractivity contribution < 1.29 is 9.84 Å². The van der Waals surface area contributed by atoms with Crippen LogP contribution in [-0.2, 0) is 6.61 Å². The first-order valence-electron chi connectivity index (χ1n) is 6.50. The Balaban J connectivity index is 1.94. The number of nitrogens with zero attached hydrogens (tertiary/aromatic N) is 1. The molecule has 0 aliphatic carbocycles. The van der Waals surface area contributed by atoms with Gasteiger partial charge in [-0.15, -0.1) is 0 Å². The van der Waals surface area contributed by atoms with Crippen molar-refractivity contribution in [2.75, 3.05) is 0 Å². The molecule has 0 bridgehead atoms. The molecule has 1 heterocycles. The van der Waals surface area contributed by atoms with Crippen LogP contribution >= 0.6 is 0 Å². The Morgan fingerprint density at radius 2 is 1.80 bits per heavy atom. The van der Waals surface area contributed by atoms with Crippen LogP contribution in [0.3, 0.4) is 0 Å². The van der Waals surface area contributed by atoms with Gasteiger partial charge in [0.15, 0.2) is 0 Å². The van der Waals surface area contributed by atoms with Crippen molar-refractivity contribution in [1.29, 1.82) is 0 Å². The van der Waals surface area contributed by atoms with Gasteiger partial charge in [-0.25, -0.2) is 4.98 Å². The van der Waals surface area contributed by atoms with Crippen LogP contribution in [0.5, 0.6) is 11.6 Å². The topological polar surface area (TPSA) is 42.4 Å². The maximum absolute atomic E-state index is 9.03. The fraction of sp³-hybridized carbons (Fsp3) is 0.118. The van der Waals surface area contributed by atoms with Gasteiger partial charge in [-0.3, -0.25) is 0 Å². The zero-order valence-corrected chi connectivity index (χ0v) is 11.2. The van der Waals surface area contributed by atoms with Crippen LogP contribution in [-0.4, -0.2) is 10.1 Å². The maximum Gasteiger partial charge on any atom is 0.222 e. The molecule has 20 heavy (non-hydrogen) atoms. The van der Waals surface area contributed by atoms with Crippen molar-refractivity contribution >= 4 is 10.9 Å². The molecular weight excluding hydrogens is 250 g/mol. The van der Waals surface area contributed by atoms with Crippen molar-refractivity contribution in [3.05, 3.63) is 65.7 Å². The van der Waals surface area contributed by atoms with E-state index in [0.29, 0.717) is 11.6 Å². The van der Waals surface area contributed by atoms with Crippen molar-refractivity contribution in [3.8, 4) is 11.6 Å². The second-order valence-electron chi connectivity index (χ2n) is 4.71. The molecule has 3 heteroatoms. The summed E-state index contributed by atoms with van der Waals surface area (Å²) in [7, 11) is 0. The molecule has 0 radical (unpaired) electrons. The molecule has 1 N–H and O–H groups in total. The summed E-state index contributed by atoms with van der Waals surface area (Å²) in [5.41, 5.74) is 2.77. The number of ether oxygens (including phenoxy) is 1. The largest absolute Gasteiger partial charge is 0.439 e. The lowest BCUT2D eigenvalue weighted by Crippen LogP contribution is -1.92. The number of pyridine rings is 1. The van der Waals surface area contributed by atoms with Gasteiger partial charge in [-0.2, -0.15) is 0 Å². The van der Waals surface area contributed by atoms with Crippen molar-refractivity contribution in [2.45, 2.75) is 13.5 Å². The van der Waals surface area contributed by atoms with Gasteiger partial charge in [0.25, 0.3) is 0 Å². The summed E-state index contributed by atoms with van der Waals surface area (Å²) in [6, 6.07) is 17.4. The predicted octanol–water partition coefficient (Wildman–Crippen LogP) is 3.83. The van der Waals surface area contributed by atoms with E-state index in [1.165, 1.54) is 0 Å². The third-order valence-corrected chi connectivity index (χ3v) is 3.19. The average Bonchev–Trinajstić information content (AvgIpc) is 2.49. The lowest BCUT2D eigenvalue weighted by atomic mass is 10.2. The molecule has 0 saturated carbocycles. The van der Waals surface area contributed by atoms with Gasteiger partial charge in [-0.1, -0.05) is 30.3 Å². The van der Waals surface area contributed by atoms with Gasteiger partial charge >= 0.3 is 0 Å². The van der Waals surface area contributed by atoms with Crippen LogP contribution in [0.2, 0.25) is 0 Å². The summed E-state index contributed by atoms with van der Waals surface area (Å²) in [6.07, 6.45) is 0. The first-order valence-corrected chi connectivity index (χ1v) is 6.50. The zero-order chi connectivity index (χ0) is 13.9. The highest BCUT2D eigenvalue weighted by Gasteiger charge is 2.05. The fourth-order valence-corrected chi connectivity index (χ4v) is 2.08. The van der Waals surface area contributed by atoms with Crippen molar-refractivity contribution in [3.63, 3.8) is 0 Å². The molecular formula is C17H15NO2. The Hall–Kier alpha value is -2.39. The van der Waals surface area contributed by atoms with Crippen molar-refractivity contribution in [1.82, 2.24) is 4.98 Å². The molecule has 3 aromatic rings. The van der Waals surface area contributed by atoms with Gasteiger partial charge in [-0.05, 0) is 36.8 Å². The molecule has 0 saturated heterocycles. The summed E-state index contributed by atoms with van der Waals surface area (Å²) in [5.74, 6) is 1.33. The first-order chi connectivity index (χ1) is 9.76. The van der Waals surface area contributed by atoms with Gasteiger partial charge in [0.05, 0.1) is 12.1 Å². The number of aryl methyl sites for hydroxylation is 1. The highest BCUT2D eigenvalue weighted by atomic mass is 16.5. The fourth-order valence-electron chi connectivity index (χ4n) is 2.08. The first kappa shape index (κ1) is 12.6. The molecule has 100 valence electrons. The van der Waals surface area contributed by atoms with E-state index in [1.54, 1.807) is 0 Å². The average molecular weight is 265 g/mol. The Morgan fingerprint density at radius 1 is 1.05 bits per heavy atom. The minimum absolute atomic E-state index is 0.0353. The Bertz CT molecular complexity index is 736. The number of hydrogen-bond acceptors (Lipinski definition) is 3. The molecule has 2 aromatic carbocycles. The van der Waals surface area contributed by atoms with Gasteiger partial charge in [0, 0.05) is 10.9 Å². The second-order valence-corrected chi connectivity index (χ2v) is 4.71. The molecule has 0 atom stereocenters.